The first-order valence-electron chi connectivity index (χ1n) is 8.98. The molecular formula is C18H36N2O3. The summed E-state index contributed by atoms with van der Waals surface area (Å²) in [6.45, 7) is 13.4. The average molecular weight is 328 g/mol. The number of rotatable bonds is 6. The molecule has 1 aliphatic carbocycles. The minimum atomic E-state index is -0.559. The molecule has 0 heterocycles. The summed E-state index contributed by atoms with van der Waals surface area (Å²) in [5.74, 6) is 1.45. The van der Waals surface area contributed by atoms with Gasteiger partial charge in [-0.05, 0) is 52.4 Å². The molecule has 0 aromatic carbocycles. The molecule has 23 heavy (non-hydrogen) atoms. The van der Waals surface area contributed by atoms with Crippen molar-refractivity contribution in [2.24, 2.45) is 11.8 Å². The largest absolute Gasteiger partial charge is 0.444 e. The van der Waals surface area contributed by atoms with E-state index in [0.717, 1.165) is 12.5 Å². The van der Waals surface area contributed by atoms with Crippen LogP contribution in [0.15, 0.2) is 0 Å². The third-order valence-corrected chi connectivity index (χ3v) is 4.38. The van der Waals surface area contributed by atoms with Gasteiger partial charge in [0.25, 0.3) is 0 Å². The van der Waals surface area contributed by atoms with Crippen molar-refractivity contribution < 1.29 is 14.6 Å². The average Bonchev–Trinajstić information content (AvgIpc) is 2.39. The lowest BCUT2D eigenvalue weighted by atomic mass is 9.80. The van der Waals surface area contributed by atoms with Crippen LogP contribution < -0.4 is 5.32 Å². The molecule has 0 radical (unpaired) electrons. The SMILES string of the molecule is CC(O)CN(CCNC1CC(C)CCC1C)C(=O)OC(C)(C)C. The minimum absolute atomic E-state index is 0.299. The zero-order chi connectivity index (χ0) is 17.6. The highest BCUT2D eigenvalue weighted by atomic mass is 16.6. The number of hydrogen-bond donors (Lipinski definition) is 2. The molecule has 1 amide bonds. The number of hydrogen-bond acceptors (Lipinski definition) is 4. The van der Waals surface area contributed by atoms with Gasteiger partial charge in [-0.15, -0.1) is 0 Å². The smallest absolute Gasteiger partial charge is 0.410 e. The van der Waals surface area contributed by atoms with Gasteiger partial charge in [0.05, 0.1) is 6.10 Å². The normalized spacial score (nSPS) is 26.7. The van der Waals surface area contributed by atoms with Crippen molar-refractivity contribution in [2.75, 3.05) is 19.6 Å². The fraction of sp³-hybridized carbons (Fsp3) is 0.944. The van der Waals surface area contributed by atoms with E-state index in [9.17, 15) is 9.90 Å². The van der Waals surface area contributed by atoms with Crippen molar-refractivity contribution in [3.8, 4) is 0 Å². The molecule has 136 valence electrons. The van der Waals surface area contributed by atoms with Gasteiger partial charge in [0.15, 0.2) is 0 Å². The summed E-state index contributed by atoms with van der Waals surface area (Å²) in [6.07, 6.45) is 2.86. The quantitative estimate of drug-likeness (QED) is 0.787. The fourth-order valence-electron chi connectivity index (χ4n) is 3.10. The standard InChI is InChI=1S/C18H36N2O3/c1-13-7-8-14(2)16(11-13)19-9-10-20(12-15(3)21)17(22)23-18(4,5)6/h13-16,19,21H,7-12H2,1-6H3. The van der Waals surface area contributed by atoms with Crippen LogP contribution >= 0.6 is 0 Å². The Labute approximate surface area is 141 Å². The third-order valence-electron chi connectivity index (χ3n) is 4.38. The monoisotopic (exact) mass is 328 g/mol. The summed E-state index contributed by atoms with van der Waals surface area (Å²) in [5.41, 5.74) is -0.519. The summed E-state index contributed by atoms with van der Waals surface area (Å²) in [5, 5.41) is 13.2. The van der Waals surface area contributed by atoms with Crippen LogP contribution in [-0.2, 0) is 4.74 Å². The maximum atomic E-state index is 12.3. The molecular weight excluding hydrogens is 292 g/mol. The molecule has 1 saturated carbocycles. The Balaban J connectivity index is 2.48. The van der Waals surface area contributed by atoms with Crippen molar-refractivity contribution in [1.29, 1.82) is 0 Å². The van der Waals surface area contributed by atoms with Gasteiger partial charge in [0, 0.05) is 25.7 Å². The summed E-state index contributed by atoms with van der Waals surface area (Å²) in [4.78, 5) is 13.9. The summed E-state index contributed by atoms with van der Waals surface area (Å²) in [7, 11) is 0. The number of carbonyl (C=O) groups excluding carboxylic acids is 1. The second kappa shape index (κ2) is 8.88. The second-order valence-corrected chi connectivity index (χ2v) is 8.23. The number of amides is 1. The zero-order valence-electron chi connectivity index (χ0n) is 15.8. The third kappa shape index (κ3) is 8.02. The van der Waals surface area contributed by atoms with Crippen molar-refractivity contribution in [2.45, 2.75) is 78.6 Å². The van der Waals surface area contributed by atoms with Gasteiger partial charge in [0.2, 0.25) is 0 Å². The Hall–Kier alpha value is -0.810. The van der Waals surface area contributed by atoms with E-state index in [1.54, 1.807) is 11.8 Å². The first-order valence-corrected chi connectivity index (χ1v) is 8.98. The van der Waals surface area contributed by atoms with Crippen LogP contribution in [0.2, 0.25) is 0 Å². The van der Waals surface area contributed by atoms with Gasteiger partial charge >= 0.3 is 6.09 Å². The Morgan fingerprint density at radius 3 is 2.57 bits per heavy atom. The number of aliphatic hydroxyl groups is 1. The zero-order valence-corrected chi connectivity index (χ0v) is 15.8. The molecule has 5 heteroatoms. The van der Waals surface area contributed by atoms with Crippen LogP contribution in [-0.4, -0.2) is 53.5 Å². The maximum Gasteiger partial charge on any atom is 0.410 e. The number of carbonyl (C=O) groups is 1. The van der Waals surface area contributed by atoms with Crippen molar-refractivity contribution >= 4 is 6.09 Å². The lowest BCUT2D eigenvalue weighted by Crippen LogP contribution is -2.46. The Morgan fingerprint density at radius 2 is 2.00 bits per heavy atom. The van der Waals surface area contributed by atoms with Crippen molar-refractivity contribution in [1.82, 2.24) is 10.2 Å². The van der Waals surface area contributed by atoms with Crippen molar-refractivity contribution in [3.05, 3.63) is 0 Å². The van der Waals surface area contributed by atoms with E-state index >= 15 is 0 Å². The molecule has 0 aromatic heterocycles. The molecule has 0 saturated heterocycles. The highest BCUT2D eigenvalue weighted by Crippen LogP contribution is 2.28. The number of aliphatic hydroxyl groups excluding tert-OH is 1. The van der Waals surface area contributed by atoms with E-state index in [2.05, 4.69) is 19.2 Å². The van der Waals surface area contributed by atoms with E-state index in [1.807, 2.05) is 20.8 Å². The molecule has 4 atom stereocenters. The van der Waals surface area contributed by atoms with E-state index in [4.69, 9.17) is 4.74 Å². The summed E-state index contributed by atoms with van der Waals surface area (Å²) in [6, 6.07) is 0.519. The molecule has 1 fully saturated rings. The molecule has 1 rings (SSSR count). The minimum Gasteiger partial charge on any atom is -0.444 e. The molecule has 0 spiro atoms. The van der Waals surface area contributed by atoms with Crippen LogP contribution in [0.3, 0.4) is 0 Å². The van der Waals surface area contributed by atoms with E-state index in [1.165, 1.54) is 19.3 Å². The topological polar surface area (TPSA) is 61.8 Å². The fourth-order valence-corrected chi connectivity index (χ4v) is 3.10. The van der Waals surface area contributed by atoms with Gasteiger partial charge in [0.1, 0.15) is 5.60 Å². The van der Waals surface area contributed by atoms with Gasteiger partial charge in [-0.3, -0.25) is 0 Å². The predicted octanol–water partition coefficient (Wildman–Crippen LogP) is 3.02. The molecule has 0 bridgehead atoms. The molecule has 4 unspecified atom stereocenters. The lowest BCUT2D eigenvalue weighted by molar-refractivity contribution is 0.0160. The first kappa shape index (κ1) is 20.2. The number of nitrogens with one attached hydrogen (secondary N) is 1. The Kier molecular flexibility index (Phi) is 7.81. The maximum absolute atomic E-state index is 12.3. The van der Waals surface area contributed by atoms with Crippen LogP contribution in [0.5, 0.6) is 0 Å². The summed E-state index contributed by atoms with van der Waals surface area (Å²) >= 11 is 0. The van der Waals surface area contributed by atoms with Crippen LogP contribution in [0.1, 0.15) is 60.8 Å². The second-order valence-electron chi connectivity index (χ2n) is 8.23. The number of ether oxygens (including phenoxy) is 1. The van der Waals surface area contributed by atoms with Crippen LogP contribution in [0.25, 0.3) is 0 Å². The highest BCUT2D eigenvalue weighted by Gasteiger charge is 2.26. The number of nitrogens with zero attached hydrogens (tertiary/aromatic N) is 1. The molecule has 5 nitrogen and oxygen atoms in total. The molecule has 1 aliphatic rings. The highest BCUT2D eigenvalue weighted by molar-refractivity contribution is 5.68. The van der Waals surface area contributed by atoms with Gasteiger partial charge in [-0.25, -0.2) is 4.79 Å². The lowest BCUT2D eigenvalue weighted by Gasteiger charge is -2.34. The molecule has 2 N–H and O–H groups in total. The van der Waals surface area contributed by atoms with Gasteiger partial charge < -0.3 is 20.1 Å². The van der Waals surface area contributed by atoms with Gasteiger partial charge in [-0.1, -0.05) is 20.3 Å². The predicted molar refractivity (Wildman–Crippen MR) is 93.5 cm³/mol. The Morgan fingerprint density at radius 1 is 1.35 bits per heavy atom. The van der Waals surface area contributed by atoms with E-state index < -0.39 is 11.7 Å². The van der Waals surface area contributed by atoms with Gasteiger partial charge in [-0.2, -0.15) is 0 Å². The molecule has 0 aromatic rings. The summed E-state index contributed by atoms with van der Waals surface area (Å²) < 4.78 is 5.43. The molecule has 0 aliphatic heterocycles. The van der Waals surface area contributed by atoms with E-state index in [0.29, 0.717) is 25.0 Å². The van der Waals surface area contributed by atoms with Crippen LogP contribution in [0, 0.1) is 11.8 Å². The van der Waals surface area contributed by atoms with Crippen molar-refractivity contribution in [3.63, 3.8) is 0 Å². The Bertz CT molecular complexity index is 366. The first-order chi connectivity index (χ1) is 10.6. The van der Waals surface area contributed by atoms with Crippen LogP contribution in [0.4, 0.5) is 4.79 Å². The van der Waals surface area contributed by atoms with E-state index in [-0.39, 0.29) is 6.09 Å².